The number of anilines is 2. The summed E-state index contributed by atoms with van der Waals surface area (Å²) < 4.78 is 0. The van der Waals surface area contributed by atoms with E-state index in [9.17, 15) is 4.79 Å². The van der Waals surface area contributed by atoms with Crippen molar-refractivity contribution in [2.75, 3.05) is 17.6 Å². The first-order valence-electron chi connectivity index (χ1n) is 5.45. The van der Waals surface area contributed by atoms with Gasteiger partial charge in [0.1, 0.15) is 6.04 Å². The van der Waals surface area contributed by atoms with Gasteiger partial charge < -0.3 is 16.4 Å². The van der Waals surface area contributed by atoms with Crippen molar-refractivity contribution < 1.29 is 4.79 Å². The third kappa shape index (κ3) is 3.15. The zero-order chi connectivity index (χ0) is 12.1. The average molecular weight is 221 g/mol. The molecule has 4 N–H and O–H groups in total. The molecule has 4 nitrogen and oxygen atoms in total. The summed E-state index contributed by atoms with van der Waals surface area (Å²) in [5.41, 5.74) is 8.40. The van der Waals surface area contributed by atoms with E-state index >= 15 is 0 Å². The lowest BCUT2D eigenvalue weighted by Gasteiger charge is -2.15. The maximum atomic E-state index is 11.5. The second-order valence-electron chi connectivity index (χ2n) is 3.83. The van der Waals surface area contributed by atoms with Gasteiger partial charge in [0.05, 0.1) is 0 Å². The quantitative estimate of drug-likeness (QED) is 0.675. The minimum Gasteiger partial charge on any atom is -0.399 e. The lowest BCUT2D eigenvalue weighted by Crippen LogP contribution is -2.37. The molecule has 0 spiro atoms. The monoisotopic (exact) mass is 221 g/mol. The van der Waals surface area contributed by atoms with Crippen LogP contribution >= 0.6 is 0 Å². The lowest BCUT2D eigenvalue weighted by atomic mass is 10.1. The van der Waals surface area contributed by atoms with Crippen LogP contribution in [0.1, 0.15) is 19.4 Å². The number of rotatable bonds is 4. The minimum absolute atomic E-state index is 0.00280. The van der Waals surface area contributed by atoms with Gasteiger partial charge in [-0.2, -0.15) is 0 Å². The van der Waals surface area contributed by atoms with Crippen molar-refractivity contribution in [1.82, 2.24) is 5.32 Å². The van der Waals surface area contributed by atoms with Crippen LogP contribution in [0.25, 0.3) is 0 Å². The second-order valence-corrected chi connectivity index (χ2v) is 3.83. The normalized spacial score (nSPS) is 11.9. The highest BCUT2D eigenvalue weighted by Crippen LogP contribution is 2.17. The number of carbonyl (C=O) groups is 1. The molecule has 0 aromatic heterocycles. The Morgan fingerprint density at radius 3 is 2.75 bits per heavy atom. The molecule has 1 rings (SSSR count). The van der Waals surface area contributed by atoms with Crippen LogP contribution in [0, 0.1) is 6.92 Å². The molecule has 0 aliphatic heterocycles. The number of likely N-dealkylation sites (N-methyl/N-ethyl adjacent to an activating group) is 1. The number of carbonyl (C=O) groups excluding carboxylic acids is 1. The Morgan fingerprint density at radius 1 is 1.50 bits per heavy atom. The van der Waals surface area contributed by atoms with E-state index in [0.29, 0.717) is 6.54 Å². The fourth-order valence-electron chi connectivity index (χ4n) is 1.41. The molecule has 1 atom stereocenters. The average Bonchev–Trinajstić information content (AvgIpc) is 2.24. The highest BCUT2D eigenvalue weighted by atomic mass is 16.2. The van der Waals surface area contributed by atoms with Crippen LogP contribution in [0.4, 0.5) is 11.4 Å². The van der Waals surface area contributed by atoms with Crippen molar-refractivity contribution in [1.29, 1.82) is 0 Å². The molecule has 0 saturated heterocycles. The summed E-state index contributed by atoms with van der Waals surface area (Å²) in [4.78, 5) is 11.5. The minimum atomic E-state index is -0.247. The van der Waals surface area contributed by atoms with E-state index in [1.54, 1.807) is 0 Å². The molecular formula is C12H19N3O. The Balaban J connectivity index is 2.66. The lowest BCUT2D eigenvalue weighted by molar-refractivity contribution is -0.121. The van der Waals surface area contributed by atoms with Crippen molar-refractivity contribution in [3.05, 3.63) is 23.8 Å². The van der Waals surface area contributed by atoms with Crippen molar-refractivity contribution in [3.63, 3.8) is 0 Å². The Hall–Kier alpha value is -1.71. The molecule has 0 heterocycles. The second kappa shape index (κ2) is 5.39. The maximum absolute atomic E-state index is 11.5. The van der Waals surface area contributed by atoms with Gasteiger partial charge in [-0.25, -0.2) is 0 Å². The molecule has 1 amide bonds. The number of nitrogens with one attached hydrogen (secondary N) is 2. The van der Waals surface area contributed by atoms with E-state index in [4.69, 9.17) is 5.73 Å². The predicted molar refractivity (Wildman–Crippen MR) is 67.4 cm³/mol. The first-order chi connectivity index (χ1) is 7.54. The third-order valence-electron chi connectivity index (χ3n) is 2.40. The maximum Gasteiger partial charge on any atom is 0.242 e. The topological polar surface area (TPSA) is 67.2 Å². The molecule has 1 aromatic rings. The van der Waals surface area contributed by atoms with Crippen LogP contribution in [0.15, 0.2) is 18.2 Å². The summed E-state index contributed by atoms with van der Waals surface area (Å²) in [5.74, 6) is -0.00280. The third-order valence-corrected chi connectivity index (χ3v) is 2.40. The SMILES string of the molecule is CCNC(=O)C(C)Nc1ccc(N)c(C)c1. The molecule has 0 aliphatic rings. The summed E-state index contributed by atoms with van der Waals surface area (Å²) in [6.07, 6.45) is 0. The summed E-state index contributed by atoms with van der Waals surface area (Å²) in [5, 5.41) is 5.89. The van der Waals surface area contributed by atoms with E-state index < -0.39 is 0 Å². The molecule has 4 heteroatoms. The summed E-state index contributed by atoms with van der Waals surface area (Å²) in [6.45, 7) is 6.32. The number of nitrogen functional groups attached to an aromatic ring is 1. The van der Waals surface area contributed by atoms with Gasteiger partial charge in [0, 0.05) is 17.9 Å². The molecule has 1 aromatic carbocycles. The summed E-state index contributed by atoms with van der Waals surface area (Å²) in [6, 6.07) is 5.40. The Kier molecular flexibility index (Phi) is 4.17. The molecule has 0 bridgehead atoms. The standard InChI is InChI=1S/C12H19N3O/c1-4-14-12(16)9(3)15-10-5-6-11(13)8(2)7-10/h5-7,9,15H,4,13H2,1-3H3,(H,14,16). The predicted octanol–water partition coefficient (Wildman–Crippen LogP) is 1.51. The van der Waals surface area contributed by atoms with Gasteiger partial charge in [-0.15, -0.1) is 0 Å². The van der Waals surface area contributed by atoms with Gasteiger partial charge in [-0.05, 0) is 44.5 Å². The van der Waals surface area contributed by atoms with Gasteiger partial charge in [0.25, 0.3) is 0 Å². The van der Waals surface area contributed by atoms with Crippen LogP contribution in [-0.2, 0) is 4.79 Å². The number of amides is 1. The number of hydrogen-bond donors (Lipinski definition) is 3. The highest BCUT2D eigenvalue weighted by Gasteiger charge is 2.11. The van der Waals surface area contributed by atoms with Crippen molar-refractivity contribution in [2.24, 2.45) is 0 Å². The molecule has 0 radical (unpaired) electrons. The molecule has 88 valence electrons. The molecule has 0 aliphatic carbocycles. The van der Waals surface area contributed by atoms with Crippen molar-refractivity contribution in [3.8, 4) is 0 Å². The van der Waals surface area contributed by atoms with Crippen LogP contribution < -0.4 is 16.4 Å². The number of hydrogen-bond acceptors (Lipinski definition) is 3. The van der Waals surface area contributed by atoms with Crippen molar-refractivity contribution >= 4 is 17.3 Å². The van der Waals surface area contributed by atoms with E-state index in [2.05, 4.69) is 10.6 Å². The first kappa shape index (κ1) is 12.4. The molecule has 1 unspecified atom stereocenters. The van der Waals surface area contributed by atoms with Crippen LogP contribution in [0.2, 0.25) is 0 Å². The Labute approximate surface area is 96.2 Å². The zero-order valence-corrected chi connectivity index (χ0v) is 10.0. The zero-order valence-electron chi connectivity index (χ0n) is 10.0. The molecule has 16 heavy (non-hydrogen) atoms. The van der Waals surface area contributed by atoms with E-state index in [1.165, 1.54) is 0 Å². The van der Waals surface area contributed by atoms with E-state index in [1.807, 2.05) is 39.0 Å². The van der Waals surface area contributed by atoms with E-state index in [-0.39, 0.29) is 11.9 Å². The van der Waals surface area contributed by atoms with Gasteiger partial charge in [-0.3, -0.25) is 4.79 Å². The molecular weight excluding hydrogens is 202 g/mol. The number of aryl methyl sites for hydroxylation is 1. The highest BCUT2D eigenvalue weighted by molar-refractivity contribution is 5.84. The number of benzene rings is 1. The van der Waals surface area contributed by atoms with Gasteiger partial charge in [-0.1, -0.05) is 0 Å². The Bertz CT molecular complexity index is 377. The largest absolute Gasteiger partial charge is 0.399 e. The van der Waals surface area contributed by atoms with Crippen molar-refractivity contribution in [2.45, 2.75) is 26.8 Å². The number of nitrogens with two attached hydrogens (primary N) is 1. The first-order valence-corrected chi connectivity index (χ1v) is 5.45. The van der Waals surface area contributed by atoms with Gasteiger partial charge in [0.2, 0.25) is 5.91 Å². The van der Waals surface area contributed by atoms with Crippen LogP contribution in [-0.4, -0.2) is 18.5 Å². The van der Waals surface area contributed by atoms with Gasteiger partial charge >= 0.3 is 0 Å². The van der Waals surface area contributed by atoms with Gasteiger partial charge in [0.15, 0.2) is 0 Å². The van der Waals surface area contributed by atoms with Crippen LogP contribution in [0.3, 0.4) is 0 Å². The fourth-order valence-corrected chi connectivity index (χ4v) is 1.41. The Morgan fingerprint density at radius 2 is 2.19 bits per heavy atom. The summed E-state index contributed by atoms with van der Waals surface area (Å²) in [7, 11) is 0. The van der Waals surface area contributed by atoms with E-state index in [0.717, 1.165) is 16.9 Å². The van der Waals surface area contributed by atoms with Crippen LogP contribution in [0.5, 0.6) is 0 Å². The molecule has 0 saturated carbocycles. The molecule has 0 fully saturated rings. The smallest absolute Gasteiger partial charge is 0.242 e. The fraction of sp³-hybridized carbons (Fsp3) is 0.417. The summed E-state index contributed by atoms with van der Waals surface area (Å²) >= 11 is 0.